The lowest BCUT2D eigenvalue weighted by atomic mass is 9.98. The molecule has 0 aromatic carbocycles. The number of halogens is 1. The standard InChI is InChI=1S/C12H22ClNO3S/c1-3-5-6-9(4-2)12(15)14-11-8-18(16,17)7-10(11)13/h9-11H,3-8H2,1-2H3,(H,14,15). The summed E-state index contributed by atoms with van der Waals surface area (Å²) in [6.45, 7) is 4.06. The quantitative estimate of drug-likeness (QED) is 0.759. The van der Waals surface area contributed by atoms with Gasteiger partial charge in [0.05, 0.1) is 22.9 Å². The molecule has 1 N–H and O–H groups in total. The molecule has 3 unspecified atom stereocenters. The van der Waals surface area contributed by atoms with Gasteiger partial charge in [-0.1, -0.05) is 26.7 Å². The van der Waals surface area contributed by atoms with Crippen molar-refractivity contribution in [1.82, 2.24) is 5.32 Å². The number of amides is 1. The van der Waals surface area contributed by atoms with Crippen molar-refractivity contribution in [2.45, 2.75) is 50.9 Å². The van der Waals surface area contributed by atoms with Gasteiger partial charge in [0.25, 0.3) is 0 Å². The first-order chi connectivity index (χ1) is 8.39. The van der Waals surface area contributed by atoms with Crippen LogP contribution in [0.15, 0.2) is 0 Å². The molecule has 106 valence electrons. The first-order valence-electron chi connectivity index (χ1n) is 6.54. The molecular weight excluding hydrogens is 274 g/mol. The van der Waals surface area contributed by atoms with E-state index in [9.17, 15) is 13.2 Å². The highest BCUT2D eigenvalue weighted by Gasteiger charge is 2.37. The van der Waals surface area contributed by atoms with Crippen LogP contribution < -0.4 is 5.32 Å². The average molecular weight is 296 g/mol. The van der Waals surface area contributed by atoms with Crippen LogP contribution >= 0.6 is 11.6 Å². The van der Waals surface area contributed by atoms with Crippen LogP contribution in [0, 0.1) is 5.92 Å². The van der Waals surface area contributed by atoms with Gasteiger partial charge in [-0.15, -0.1) is 11.6 Å². The summed E-state index contributed by atoms with van der Waals surface area (Å²) in [6.07, 6.45) is 3.70. The monoisotopic (exact) mass is 295 g/mol. The van der Waals surface area contributed by atoms with Crippen LogP contribution in [-0.4, -0.2) is 37.2 Å². The van der Waals surface area contributed by atoms with Crippen molar-refractivity contribution >= 4 is 27.3 Å². The Morgan fingerprint density at radius 1 is 1.39 bits per heavy atom. The Balaban J connectivity index is 2.53. The second kappa shape index (κ2) is 6.75. The van der Waals surface area contributed by atoms with Crippen LogP contribution in [-0.2, 0) is 14.6 Å². The number of unbranched alkanes of at least 4 members (excludes halogenated alkanes) is 1. The summed E-state index contributed by atoms with van der Waals surface area (Å²) in [6, 6.07) is -0.431. The highest BCUT2D eigenvalue weighted by Crippen LogP contribution is 2.20. The van der Waals surface area contributed by atoms with E-state index in [1.54, 1.807) is 0 Å². The number of alkyl halides is 1. The van der Waals surface area contributed by atoms with E-state index in [-0.39, 0.29) is 23.3 Å². The Hall–Kier alpha value is -0.290. The molecule has 1 aliphatic rings. The average Bonchev–Trinajstić information content (AvgIpc) is 2.53. The molecule has 3 atom stereocenters. The predicted molar refractivity (Wildman–Crippen MR) is 73.5 cm³/mol. The summed E-state index contributed by atoms with van der Waals surface area (Å²) in [7, 11) is -3.09. The zero-order valence-electron chi connectivity index (χ0n) is 11.0. The Bertz CT molecular complexity index is 383. The van der Waals surface area contributed by atoms with Gasteiger partial charge in [-0.25, -0.2) is 8.42 Å². The van der Waals surface area contributed by atoms with E-state index >= 15 is 0 Å². The predicted octanol–water partition coefficient (Wildman–Crippen LogP) is 1.72. The molecule has 1 amide bonds. The van der Waals surface area contributed by atoms with Gasteiger partial charge in [0, 0.05) is 5.92 Å². The Labute approximate surface area is 114 Å². The molecule has 18 heavy (non-hydrogen) atoms. The van der Waals surface area contributed by atoms with Crippen molar-refractivity contribution in [1.29, 1.82) is 0 Å². The van der Waals surface area contributed by atoms with Crippen molar-refractivity contribution in [3.05, 3.63) is 0 Å². The Morgan fingerprint density at radius 2 is 2.06 bits per heavy atom. The summed E-state index contributed by atoms with van der Waals surface area (Å²) in [5.74, 6) is -0.154. The minimum atomic E-state index is -3.09. The van der Waals surface area contributed by atoms with Gasteiger partial charge >= 0.3 is 0 Å². The van der Waals surface area contributed by atoms with E-state index in [0.29, 0.717) is 0 Å². The van der Waals surface area contributed by atoms with E-state index in [0.717, 1.165) is 25.7 Å². The zero-order valence-corrected chi connectivity index (χ0v) is 12.6. The summed E-state index contributed by atoms with van der Waals surface area (Å²) in [4.78, 5) is 12.0. The van der Waals surface area contributed by atoms with Crippen LogP contribution in [0.4, 0.5) is 0 Å². The van der Waals surface area contributed by atoms with Crippen LogP contribution in [0.5, 0.6) is 0 Å². The molecule has 1 fully saturated rings. The van der Waals surface area contributed by atoms with Crippen molar-refractivity contribution in [3.8, 4) is 0 Å². The van der Waals surface area contributed by atoms with Gasteiger partial charge in [-0.2, -0.15) is 0 Å². The number of sulfone groups is 1. The van der Waals surface area contributed by atoms with Crippen molar-refractivity contribution in [2.24, 2.45) is 5.92 Å². The van der Waals surface area contributed by atoms with E-state index in [1.165, 1.54) is 0 Å². The fourth-order valence-electron chi connectivity index (χ4n) is 2.21. The molecule has 0 spiro atoms. The Morgan fingerprint density at radius 3 is 2.50 bits per heavy atom. The van der Waals surface area contributed by atoms with E-state index in [2.05, 4.69) is 12.2 Å². The number of carbonyl (C=O) groups excluding carboxylic acids is 1. The minimum Gasteiger partial charge on any atom is -0.351 e. The second-order valence-electron chi connectivity index (χ2n) is 4.96. The maximum atomic E-state index is 12.0. The van der Waals surface area contributed by atoms with Crippen molar-refractivity contribution in [2.75, 3.05) is 11.5 Å². The SMILES string of the molecule is CCCCC(CC)C(=O)NC1CS(=O)(=O)CC1Cl. The highest BCUT2D eigenvalue weighted by molar-refractivity contribution is 7.91. The smallest absolute Gasteiger partial charge is 0.223 e. The molecule has 0 aliphatic carbocycles. The number of rotatable bonds is 6. The van der Waals surface area contributed by atoms with Crippen LogP contribution in [0.1, 0.15) is 39.5 Å². The first kappa shape index (κ1) is 15.8. The topological polar surface area (TPSA) is 63.2 Å². The lowest BCUT2D eigenvalue weighted by Crippen LogP contribution is -2.43. The van der Waals surface area contributed by atoms with E-state index in [1.807, 2.05) is 6.92 Å². The third kappa shape index (κ3) is 4.43. The molecule has 1 heterocycles. The molecule has 1 rings (SSSR count). The molecule has 4 nitrogen and oxygen atoms in total. The van der Waals surface area contributed by atoms with Gasteiger partial charge in [0.15, 0.2) is 9.84 Å². The van der Waals surface area contributed by atoms with Crippen LogP contribution in [0.25, 0.3) is 0 Å². The van der Waals surface area contributed by atoms with Gasteiger partial charge in [0.2, 0.25) is 5.91 Å². The molecule has 6 heteroatoms. The van der Waals surface area contributed by atoms with Gasteiger partial charge < -0.3 is 5.32 Å². The highest BCUT2D eigenvalue weighted by atomic mass is 35.5. The Kier molecular flexibility index (Phi) is 5.92. The van der Waals surface area contributed by atoms with Crippen molar-refractivity contribution in [3.63, 3.8) is 0 Å². The molecule has 0 radical (unpaired) electrons. The fraction of sp³-hybridized carbons (Fsp3) is 0.917. The first-order valence-corrected chi connectivity index (χ1v) is 8.80. The zero-order chi connectivity index (χ0) is 13.8. The van der Waals surface area contributed by atoms with Crippen LogP contribution in [0.2, 0.25) is 0 Å². The molecular formula is C12H22ClNO3S. The number of hydrogen-bond acceptors (Lipinski definition) is 3. The second-order valence-corrected chi connectivity index (χ2v) is 7.67. The fourth-order valence-corrected chi connectivity index (χ4v) is 4.76. The number of carbonyl (C=O) groups is 1. The van der Waals surface area contributed by atoms with E-state index < -0.39 is 21.3 Å². The number of hydrogen-bond donors (Lipinski definition) is 1. The molecule has 0 aromatic heterocycles. The molecule has 1 aliphatic heterocycles. The van der Waals surface area contributed by atoms with Gasteiger partial charge in [-0.05, 0) is 12.8 Å². The summed E-state index contributed by atoms with van der Waals surface area (Å²) >= 11 is 5.97. The lowest BCUT2D eigenvalue weighted by Gasteiger charge is -2.19. The lowest BCUT2D eigenvalue weighted by molar-refractivity contribution is -0.125. The normalized spacial score (nSPS) is 27.9. The summed E-state index contributed by atoms with van der Waals surface area (Å²) in [5.41, 5.74) is 0. The molecule has 0 bridgehead atoms. The van der Waals surface area contributed by atoms with Gasteiger partial charge in [-0.3, -0.25) is 4.79 Å². The molecule has 0 saturated carbocycles. The molecule has 1 saturated heterocycles. The third-order valence-electron chi connectivity index (χ3n) is 3.38. The molecule has 0 aromatic rings. The summed E-state index contributed by atoms with van der Waals surface area (Å²) in [5, 5.41) is 2.30. The maximum Gasteiger partial charge on any atom is 0.223 e. The number of nitrogens with one attached hydrogen (secondary N) is 1. The third-order valence-corrected chi connectivity index (χ3v) is 5.76. The summed E-state index contributed by atoms with van der Waals surface area (Å²) < 4.78 is 22.8. The van der Waals surface area contributed by atoms with Crippen LogP contribution in [0.3, 0.4) is 0 Å². The largest absolute Gasteiger partial charge is 0.351 e. The van der Waals surface area contributed by atoms with Gasteiger partial charge in [0.1, 0.15) is 0 Å². The van der Waals surface area contributed by atoms with E-state index in [4.69, 9.17) is 11.6 Å². The minimum absolute atomic E-state index is 0.0304. The maximum absolute atomic E-state index is 12.0. The van der Waals surface area contributed by atoms with Crippen molar-refractivity contribution < 1.29 is 13.2 Å².